The zero-order valence-electron chi connectivity index (χ0n) is 10.2. The van der Waals surface area contributed by atoms with E-state index in [4.69, 9.17) is 10.5 Å². The molecule has 19 heavy (non-hydrogen) atoms. The number of anilines is 1. The number of benzene rings is 2. The summed E-state index contributed by atoms with van der Waals surface area (Å²) < 4.78 is 6.81. The van der Waals surface area contributed by atoms with E-state index in [-0.39, 0.29) is 0 Å². The van der Waals surface area contributed by atoms with Crippen LogP contribution in [0.4, 0.5) is 5.69 Å². The van der Waals surface area contributed by atoms with Crippen molar-refractivity contribution in [2.45, 2.75) is 6.61 Å². The number of hydrogen-bond donors (Lipinski definition) is 2. The molecule has 0 radical (unpaired) electrons. The van der Waals surface area contributed by atoms with E-state index in [1.807, 2.05) is 48.7 Å². The van der Waals surface area contributed by atoms with Crippen molar-refractivity contribution in [2.24, 2.45) is 0 Å². The van der Waals surface area contributed by atoms with Gasteiger partial charge in [-0.1, -0.05) is 28.1 Å². The Bertz CT molecular complexity index is 704. The predicted molar refractivity (Wildman–Crippen MR) is 81.2 cm³/mol. The maximum atomic E-state index is 5.92. The van der Waals surface area contributed by atoms with Crippen LogP contribution in [0.3, 0.4) is 0 Å². The van der Waals surface area contributed by atoms with Gasteiger partial charge < -0.3 is 15.5 Å². The van der Waals surface area contributed by atoms with Crippen LogP contribution in [-0.4, -0.2) is 4.98 Å². The molecule has 0 bridgehead atoms. The SMILES string of the molecule is Nc1cccc2c(COc3ccc(Br)cc3)c[nH]c12. The van der Waals surface area contributed by atoms with Crippen molar-refractivity contribution in [3.05, 3.63) is 58.7 Å². The van der Waals surface area contributed by atoms with Gasteiger partial charge in [-0.05, 0) is 30.3 Å². The lowest BCUT2D eigenvalue weighted by Crippen LogP contribution is -1.94. The molecule has 3 aromatic rings. The topological polar surface area (TPSA) is 51.0 Å². The van der Waals surface area contributed by atoms with Gasteiger partial charge in [0.2, 0.25) is 0 Å². The van der Waals surface area contributed by atoms with E-state index in [1.165, 1.54) is 0 Å². The maximum absolute atomic E-state index is 5.92. The lowest BCUT2D eigenvalue weighted by atomic mass is 10.1. The molecule has 96 valence electrons. The highest BCUT2D eigenvalue weighted by molar-refractivity contribution is 9.10. The maximum Gasteiger partial charge on any atom is 0.119 e. The first kappa shape index (κ1) is 12.1. The average Bonchev–Trinajstić information content (AvgIpc) is 2.83. The fourth-order valence-electron chi connectivity index (χ4n) is 2.05. The van der Waals surface area contributed by atoms with Crippen LogP contribution >= 0.6 is 15.9 Å². The van der Waals surface area contributed by atoms with Gasteiger partial charge in [0.1, 0.15) is 12.4 Å². The molecule has 2 aromatic carbocycles. The molecule has 0 amide bonds. The van der Waals surface area contributed by atoms with Crippen LogP contribution in [0.5, 0.6) is 5.75 Å². The Hall–Kier alpha value is -1.94. The Kier molecular flexibility index (Phi) is 3.17. The number of aromatic nitrogens is 1. The first-order valence-corrected chi connectivity index (χ1v) is 6.76. The molecule has 0 saturated carbocycles. The molecule has 1 aromatic heterocycles. The monoisotopic (exact) mass is 316 g/mol. The van der Waals surface area contributed by atoms with Gasteiger partial charge in [0.05, 0.1) is 11.2 Å². The Labute approximate surface area is 119 Å². The number of para-hydroxylation sites is 1. The van der Waals surface area contributed by atoms with Crippen LogP contribution in [-0.2, 0) is 6.61 Å². The molecule has 4 heteroatoms. The number of nitrogen functional groups attached to an aromatic ring is 1. The van der Waals surface area contributed by atoms with Crippen molar-refractivity contribution < 1.29 is 4.74 Å². The van der Waals surface area contributed by atoms with Crippen LogP contribution in [0.2, 0.25) is 0 Å². The normalized spacial score (nSPS) is 10.8. The quantitative estimate of drug-likeness (QED) is 0.715. The number of H-pyrrole nitrogens is 1. The molecular weight excluding hydrogens is 304 g/mol. The molecule has 0 aliphatic rings. The lowest BCUT2D eigenvalue weighted by Gasteiger charge is -2.05. The lowest BCUT2D eigenvalue weighted by molar-refractivity contribution is 0.307. The summed E-state index contributed by atoms with van der Waals surface area (Å²) in [5.74, 6) is 0.849. The number of halogens is 1. The summed E-state index contributed by atoms with van der Waals surface area (Å²) in [6.45, 7) is 0.519. The summed E-state index contributed by atoms with van der Waals surface area (Å²) in [5, 5.41) is 1.11. The molecule has 1 heterocycles. The van der Waals surface area contributed by atoms with Gasteiger partial charge >= 0.3 is 0 Å². The van der Waals surface area contributed by atoms with Crippen LogP contribution in [0.1, 0.15) is 5.56 Å². The third-order valence-corrected chi connectivity index (χ3v) is 3.57. The van der Waals surface area contributed by atoms with E-state index < -0.39 is 0 Å². The molecule has 0 saturated heterocycles. The molecule has 0 aliphatic heterocycles. The van der Waals surface area contributed by atoms with Crippen molar-refractivity contribution in [1.29, 1.82) is 0 Å². The molecule has 3 N–H and O–H groups in total. The highest BCUT2D eigenvalue weighted by Crippen LogP contribution is 2.24. The Morgan fingerprint density at radius 1 is 1.11 bits per heavy atom. The highest BCUT2D eigenvalue weighted by Gasteiger charge is 2.06. The van der Waals surface area contributed by atoms with E-state index in [9.17, 15) is 0 Å². The molecule has 0 spiro atoms. The van der Waals surface area contributed by atoms with Crippen LogP contribution < -0.4 is 10.5 Å². The third kappa shape index (κ3) is 2.44. The number of rotatable bonds is 3. The van der Waals surface area contributed by atoms with Gasteiger partial charge in [0.25, 0.3) is 0 Å². The van der Waals surface area contributed by atoms with Crippen LogP contribution in [0.15, 0.2) is 53.1 Å². The molecule has 0 atom stereocenters. The molecule has 0 aliphatic carbocycles. The fraction of sp³-hybridized carbons (Fsp3) is 0.0667. The van der Waals surface area contributed by atoms with Crippen molar-refractivity contribution >= 4 is 32.5 Å². The van der Waals surface area contributed by atoms with Gasteiger partial charge in [-0.25, -0.2) is 0 Å². The van der Waals surface area contributed by atoms with E-state index in [0.29, 0.717) is 6.61 Å². The second kappa shape index (κ2) is 4.97. The van der Waals surface area contributed by atoms with E-state index in [2.05, 4.69) is 20.9 Å². The first-order chi connectivity index (χ1) is 9.24. The largest absolute Gasteiger partial charge is 0.489 e. The Balaban J connectivity index is 1.82. The number of aromatic amines is 1. The van der Waals surface area contributed by atoms with Crippen LogP contribution in [0.25, 0.3) is 10.9 Å². The number of ether oxygens (including phenoxy) is 1. The van der Waals surface area contributed by atoms with Crippen molar-refractivity contribution in [1.82, 2.24) is 4.98 Å². The molecule has 3 rings (SSSR count). The summed E-state index contributed by atoms with van der Waals surface area (Å²) in [6.07, 6.45) is 1.94. The smallest absolute Gasteiger partial charge is 0.119 e. The van der Waals surface area contributed by atoms with E-state index >= 15 is 0 Å². The summed E-state index contributed by atoms with van der Waals surface area (Å²) >= 11 is 3.40. The molecule has 0 unspecified atom stereocenters. The second-order valence-electron chi connectivity index (χ2n) is 4.33. The number of nitrogens with two attached hydrogens (primary N) is 1. The van der Waals surface area contributed by atoms with Crippen molar-refractivity contribution in [3.8, 4) is 5.75 Å². The van der Waals surface area contributed by atoms with E-state index in [1.54, 1.807) is 0 Å². The van der Waals surface area contributed by atoms with Crippen LogP contribution in [0, 0.1) is 0 Å². The molecule has 3 nitrogen and oxygen atoms in total. The molecular formula is C15H13BrN2O. The number of nitrogens with one attached hydrogen (secondary N) is 1. The zero-order chi connectivity index (χ0) is 13.2. The highest BCUT2D eigenvalue weighted by atomic mass is 79.9. The van der Waals surface area contributed by atoms with Gasteiger partial charge in [-0.2, -0.15) is 0 Å². The summed E-state index contributed by atoms with van der Waals surface area (Å²) in [5.41, 5.74) is 8.74. The Morgan fingerprint density at radius 3 is 2.68 bits per heavy atom. The third-order valence-electron chi connectivity index (χ3n) is 3.04. The summed E-state index contributed by atoms with van der Waals surface area (Å²) in [6, 6.07) is 13.7. The van der Waals surface area contributed by atoms with E-state index in [0.717, 1.165) is 32.4 Å². The number of fused-ring (bicyclic) bond motifs is 1. The van der Waals surface area contributed by atoms with Gasteiger partial charge in [-0.3, -0.25) is 0 Å². The van der Waals surface area contributed by atoms with Crippen molar-refractivity contribution in [2.75, 3.05) is 5.73 Å². The summed E-state index contributed by atoms with van der Waals surface area (Å²) in [4.78, 5) is 3.19. The standard InChI is InChI=1S/C15H13BrN2O/c16-11-4-6-12(7-5-11)19-9-10-8-18-15-13(10)2-1-3-14(15)17/h1-8,18H,9,17H2. The fourth-order valence-corrected chi connectivity index (χ4v) is 2.31. The van der Waals surface area contributed by atoms with Gasteiger partial charge in [-0.15, -0.1) is 0 Å². The first-order valence-electron chi connectivity index (χ1n) is 5.97. The zero-order valence-corrected chi connectivity index (χ0v) is 11.8. The van der Waals surface area contributed by atoms with Crippen molar-refractivity contribution in [3.63, 3.8) is 0 Å². The average molecular weight is 317 g/mol. The van der Waals surface area contributed by atoms with Gasteiger partial charge in [0, 0.05) is 21.6 Å². The minimum Gasteiger partial charge on any atom is -0.489 e. The summed E-state index contributed by atoms with van der Waals surface area (Å²) in [7, 11) is 0. The minimum absolute atomic E-state index is 0.519. The Morgan fingerprint density at radius 2 is 1.89 bits per heavy atom. The van der Waals surface area contributed by atoms with Gasteiger partial charge in [0.15, 0.2) is 0 Å². The predicted octanol–water partition coefficient (Wildman–Crippen LogP) is 4.09. The molecule has 0 fully saturated rings. The minimum atomic E-state index is 0.519. The second-order valence-corrected chi connectivity index (χ2v) is 5.24. The number of hydrogen-bond acceptors (Lipinski definition) is 2.